The van der Waals surface area contributed by atoms with E-state index in [1.807, 2.05) is 0 Å². The Morgan fingerprint density at radius 3 is 2.32 bits per heavy atom. The molecule has 1 aliphatic carbocycles. The van der Waals surface area contributed by atoms with Crippen LogP contribution < -0.4 is 4.74 Å². The van der Waals surface area contributed by atoms with Crippen molar-refractivity contribution in [3.8, 4) is 23.0 Å². The second-order valence-electron chi connectivity index (χ2n) is 8.51. The topological polar surface area (TPSA) is 211 Å². The van der Waals surface area contributed by atoms with Gasteiger partial charge in [-0.05, 0) is 41.5 Å². The number of aliphatic carboxylic acids is 2. The normalized spacial score (nSPS) is 24.7. The molecule has 194 valence electrons. The molecule has 37 heavy (non-hydrogen) atoms. The van der Waals surface area contributed by atoms with Crippen LogP contribution in [0.1, 0.15) is 35.1 Å². The number of phenols is 3. The van der Waals surface area contributed by atoms with E-state index in [1.165, 1.54) is 24.3 Å². The van der Waals surface area contributed by atoms with Gasteiger partial charge in [0.15, 0.2) is 23.0 Å². The first-order valence-corrected chi connectivity index (χ1v) is 10.9. The number of carbonyl (C=O) groups is 3. The highest BCUT2D eigenvalue weighted by Gasteiger charge is 2.46. The largest absolute Gasteiger partial charge is 0.504 e. The van der Waals surface area contributed by atoms with Gasteiger partial charge in [0.05, 0.1) is 0 Å². The lowest BCUT2D eigenvalue weighted by atomic mass is 9.87. The monoisotopic (exact) mass is 514 g/mol. The average Bonchev–Trinajstić information content (AvgIpc) is 3.25. The van der Waals surface area contributed by atoms with Crippen LogP contribution in [0, 0.1) is 0 Å². The Kier molecular flexibility index (Phi) is 6.79. The van der Waals surface area contributed by atoms with Crippen LogP contribution in [0.2, 0.25) is 0 Å². The lowest BCUT2D eigenvalue weighted by Gasteiger charge is -2.31. The molecule has 2 aliphatic rings. The maximum atomic E-state index is 13.5. The van der Waals surface area contributed by atoms with Crippen molar-refractivity contribution in [2.45, 2.75) is 36.8 Å². The van der Waals surface area contributed by atoms with E-state index < -0.39 is 66.2 Å². The first-order chi connectivity index (χ1) is 17.5. The predicted octanol–water partition coefficient (Wildman–Crippen LogP) is 1.17. The van der Waals surface area contributed by atoms with Gasteiger partial charge in [0, 0.05) is 23.6 Å². The zero-order valence-electron chi connectivity index (χ0n) is 18.9. The maximum Gasteiger partial charge on any atom is 0.331 e. The van der Waals surface area contributed by atoms with Gasteiger partial charge in [-0.1, -0.05) is 12.1 Å². The number of phenolic OH excluding ortho intramolecular Hbond substituents is 3. The molecule has 2 aromatic rings. The molecule has 2 aromatic carbocycles. The highest BCUT2D eigenvalue weighted by molar-refractivity contribution is 5.89. The van der Waals surface area contributed by atoms with Crippen LogP contribution in [0.15, 0.2) is 48.1 Å². The summed E-state index contributed by atoms with van der Waals surface area (Å²) in [5.41, 5.74) is 0.121. The van der Waals surface area contributed by atoms with Crippen LogP contribution in [0.3, 0.4) is 0 Å². The number of aliphatic hydroxyl groups is 2. The summed E-state index contributed by atoms with van der Waals surface area (Å²) < 4.78 is 11.3. The smallest absolute Gasteiger partial charge is 0.331 e. The molecule has 4 rings (SSSR count). The first kappa shape index (κ1) is 25.5. The van der Waals surface area contributed by atoms with E-state index in [2.05, 4.69) is 0 Å². The summed E-state index contributed by atoms with van der Waals surface area (Å²) in [7, 11) is 0. The molecule has 1 heterocycles. The van der Waals surface area contributed by atoms with Crippen LogP contribution in [-0.4, -0.2) is 72.0 Å². The number of fused-ring (bicyclic) bond motifs is 1. The third-order valence-corrected chi connectivity index (χ3v) is 6.12. The molecule has 0 saturated carbocycles. The van der Waals surface area contributed by atoms with Crippen molar-refractivity contribution in [1.82, 2.24) is 0 Å². The summed E-state index contributed by atoms with van der Waals surface area (Å²) in [6.45, 7) is 0. The quantitative estimate of drug-likeness (QED) is 0.164. The Morgan fingerprint density at radius 1 is 0.973 bits per heavy atom. The molecule has 0 aromatic heterocycles. The number of carbonyl (C=O) groups excluding carboxylic acids is 1. The van der Waals surface area contributed by atoms with Gasteiger partial charge in [-0.25, -0.2) is 9.59 Å². The van der Waals surface area contributed by atoms with Gasteiger partial charge in [0.2, 0.25) is 0 Å². The van der Waals surface area contributed by atoms with Crippen molar-refractivity contribution < 1.29 is 59.6 Å². The fraction of sp³-hybridized carbons (Fsp3) is 0.240. The molecule has 12 heteroatoms. The molecule has 1 aliphatic heterocycles. The summed E-state index contributed by atoms with van der Waals surface area (Å²) in [5, 5.41) is 68.9. The molecule has 0 bridgehead atoms. The van der Waals surface area contributed by atoms with Crippen molar-refractivity contribution in [3.05, 3.63) is 64.7 Å². The molecule has 5 atom stereocenters. The lowest BCUT2D eigenvalue weighted by Crippen LogP contribution is -2.44. The molecule has 0 saturated heterocycles. The standard InChI is InChI=1S/C25H22O12/c26-13-4-2-11(7-15(13)28)22-20(19-10(3-6-18(30)31)1-5-14(27)23(19)37-22)25(35)36-17-9-12(24(33)34)8-16(29)21(17)32/h1-8,16-17,20-22,26-29,32H,9H2,(H,30,31)(H,33,34)/b6-3+/t16-,17-,20-,21-,22-/m1/s1. The number of carboxylic acids is 2. The Morgan fingerprint density at radius 2 is 1.68 bits per heavy atom. The third kappa shape index (κ3) is 4.92. The van der Waals surface area contributed by atoms with E-state index in [0.717, 1.165) is 24.3 Å². The Balaban J connectivity index is 1.78. The molecule has 0 amide bonds. The highest BCUT2D eigenvalue weighted by Crippen LogP contribution is 2.53. The van der Waals surface area contributed by atoms with Crippen LogP contribution in [0.4, 0.5) is 0 Å². The van der Waals surface area contributed by atoms with Gasteiger partial charge in [-0.3, -0.25) is 4.79 Å². The zero-order valence-corrected chi connectivity index (χ0v) is 18.9. The summed E-state index contributed by atoms with van der Waals surface area (Å²) in [5.74, 6) is -6.62. The predicted molar refractivity (Wildman–Crippen MR) is 123 cm³/mol. The van der Waals surface area contributed by atoms with Crippen LogP contribution >= 0.6 is 0 Å². The molecular weight excluding hydrogens is 492 g/mol. The Bertz CT molecular complexity index is 1330. The zero-order chi connectivity index (χ0) is 27.0. The Labute approximate surface area is 208 Å². The number of esters is 1. The number of carboxylic acid groups (broad SMARTS) is 2. The lowest BCUT2D eigenvalue weighted by molar-refractivity contribution is -0.163. The summed E-state index contributed by atoms with van der Waals surface area (Å²) in [4.78, 5) is 36.1. The van der Waals surface area contributed by atoms with Gasteiger partial charge in [0.25, 0.3) is 0 Å². The minimum absolute atomic E-state index is 0.0416. The van der Waals surface area contributed by atoms with E-state index >= 15 is 0 Å². The van der Waals surface area contributed by atoms with E-state index in [1.54, 1.807) is 0 Å². The summed E-state index contributed by atoms with van der Waals surface area (Å²) >= 11 is 0. The number of hydrogen-bond acceptors (Lipinski definition) is 10. The maximum absolute atomic E-state index is 13.5. The van der Waals surface area contributed by atoms with Gasteiger partial charge in [-0.2, -0.15) is 0 Å². The Hall–Kier alpha value is -4.55. The SMILES string of the molecule is O=C(O)/C=C/c1ccc(O)c2c1[C@@H](C(=O)O[C@@H]1CC(C(=O)O)=C[C@@H](O)[C@H]1O)[C@@H](c1ccc(O)c(O)c1)O2. The van der Waals surface area contributed by atoms with E-state index in [0.29, 0.717) is 0 Å². The van der Waals surface area contributed by atoms with E-state index in [-0.39, 0.29) is 33.8 Å². The molecule has 0 spiro atoms. The van der Waals surface area contributed by atoms with Crippen LogP contribution in [-0.2, 0) is 19.1 Å². The molecule has 12 nitrogen and oxygen atoms in total. The van der Waals surface area contributed by atoms with E-state index in [4.69, 9.17) is 14.6 Å². The average molecular weight is 514 g/mol. The molecule has 7 N–H and O–H groups in total. The van der Waals surface area contributed by atoms with Gasteiger partial charge >= 0.3 is 17.9 Å². The summed E-state index contributed by atoms with van der Waals surface area (Å²) in [6, 6.07) is 6.19. The number of aliphatic hydroxyl groups excluding tert-OH is 2. The molecule has 0 fully saturated rings. The van der Waals surface area contributed by atoms with Crippen molar-refractivity contribution in [2.75, 3.05) is 0 Å². The van der Waals surface area contributed by atoms with Crippen molar-refractivity contribution in [1.29, 1.82) is 0 Å². The second-order valence-corrected chi connectivity index (χ2v) is 8.51. The number of benzene rings is 2. The van der Waals surface area contributed by atoms with Crippen molar-refractivity contribution >= 4 is 24.0 Å². The van der Waals surface area contributed by atoms with E-state index in [9.17, 15) is 45.0 Å². The van der Waals surface area contributed by atoms with Gasteiger partial charge < -0.3 is 45.2 Å². The highest BCUT2D eigenvalue weighted by atomic mass is 16.6. The van der Waals surface area contributed by atoms with Gasteiger partial charge in [-0.15, -0.1) is 0 Å². The number of ether oxygens (including phenoxy) is 2. The molecule has 0 unspecified atom stereocenters. The fourth-order valence-electron chi connectivity index (χ4n) is 4.34. The molecule has 0 radical (unpaired) electrons. The second kappa shape index (κ2) is 9.84. The van der Waals surface area contributed by atoms with Gasteiger partial charge in [0.1, 0.15) is 30.3 Å². The number of rotatable bonds is 6. The third-order valence-electron chi connectivity index (χ3n) is 6.12. The minimum atomic E-state index is -1.64. The van der Waals surface area contributed by atoms with Crippen molar-refractivity contribution in [2.24, 2.45) is 0 Å². The fourth-order valence-corrected chi connectivity index (χ4v) is 4.34. The number of aromatic hydroxyl groups is 3. The van der Waals surface area contributed by atoms with Crippen LogP contribution in [0.25, 0.3) is 6.08 Å². The molecular formula is C25H22O12. The first-order valence-electron chi connectivity index (χ1n) is 10.9. The summed E-state index contributed by atoms with van der Waals surface area (Å²) in [6.07, 6.45) is -3.44. The number of hydrogen-bond donors (Lipinski definition) is 7. The van der Waals surface area contributed by atoms with Crippen LogP contribution in [0.5, 0.6) is 23.0 Å². The minimum Gasteiger partial charge on any atom is -0.504 e. The van der Waals surface area contributed by atoms with Crippen molar-refractivity contribution in [3.63, 3.8) is 0 Å².